The number of nitro groups is 1. The van der Waals surface area contributed by atoms with Gasteiger partial charge in [0.15, 0.2) is 0 Å². The molecular weight excluding hydrogens is 196 g/mol. The Morgan fingerprint density at radius 1 is 1.60 bits per heavy atom. The van der Waals surface area contributed by atoms with Crippen LogP contribution in [0.25, 0.3) is 0 Å². The molecule has 0 atom stereocenters. The van der Waals surface area contributed by atoms with Crippen LogP contribution < -0.4 is 5.32 Å². The first kappa shape index (κ1) is 11.4. The van der Waals surface area contributed by atoms with E-state index in [2.05, 4.69) is 10.3 Å². The van der Waals surface area contributed by atoms with Crippen LogP contribution in [0.1, 0.15) is 0 Å². The summed E-state index contributed by atoms with van der Waals surface area (Å²) in [5.41, 5.74) is 0.462. The summed E-state index contributed by atoms with van der Waals surface area (Å²) >= 11 is 0. The summed E-state index contributed by atoms with van der Waals surface area (Å²) in [6.07, 6.45) is 1.41. The zero-order valence-corrected chi connectivity index (χ0v) is 8.80. The van der Waals surface area contributed by atoms with E-state index in [1.54, 1.807) is 12.1 Å². The van der Waals surface area contributed by atoms with Gasteiger partial charge < -0.3 is 20.3 Å². The number of likely N-dealkylation sites (N-methyl/N-ethyl adjacent to an activating group) is 1. The molecule has 1 N–H and O–H groups in total. The minimum absolute atomic E-state index is 0.128. The molecule has 0 aliphatic carbocycles. The van der Waals surface area contributed by atoms with Gasteiger partial charge in [0.25, 0.3) is 0 Å². The van der Waals surface area contributed by atoms with Gasteiger partial charge in [-0.3, -0.25) is 0 Å². The number of rotatable bonds is 5. The van der Waals surface area contributed by atoms with Gasteiger partial charge in [0.05, 0.1) is 0 Å². The normalized spacial score (nSPS) is 10.3. The minimum Gasteiger partial charge on any atom is -0.377 e. The van der Waals surface area contributed by atoms with Crippen molar-refractivity contribution in [1.82, 2.24) is 9.88 Å². The number of nitrogens with zero attached hydrogens (tertiary/aromatic N) is 3. The molecule has 6 nitrogen and oxygen atoms in total. The van der Waals surface area contributed by atoms with Gasteiger partial charge in [0.1, 0.15) is 11.9 Å². The zero-order chi connectivity index (χ0) is 11.3. The van der Waals surface area contributed by atoms with Gasteiger partial charge in [-0.05, 0) is 36.1 Å². The SMILES string of the molecule is CN(C)CCNc1cccnc1[N+](=O)[O-]. The van der Waals surface area contributed by atoms with Crippen molar-refractivity contribution in [2.45, 2.75) is 0 Å². The number of aromatic nitrogens is 1. The van der Waals surface area contributed by atoms with Gasteiger partial charge in [-0.1, -0.05) is 0 Å². The molecular formula is C9H14N4O2. The molecule has 0 fully saturated rings. The quantitative estimate of drug-likeness (QED) is 0.579. The second-order valence-corrected chi connectivity index (χ2v) is 3.36. The minimum atomic E-state index is -0.488. The Hall–Kier alpha value is -1.69. The molecule has 1 rings (SSSR count). The fourth-order valence-electron chi connectivity index (χ4n) is 1.09. The van der Waals surface area contributed by atoms with Crippen LogP contribution in [-0.2, 0) is 0 Å². The highest BCUT2D eigenvalue weighted by molar-refractivity contribution is 5.56. The molecule has 82 valence electrons. The molecule has 6 heteroatoms. The third-order valence-electron chi connectivity index (χ3n) is 1.83. The van der Waals surface area contributed by atoms with Gasteiger partial charge in [0.2, 0.25) is 0 Å². The second-order valence-electron chi connectivity index (χ2n) is 3.36. The number of nitrogens with one attached hydrogen (secondary N) is 1. The Balaban J connectivity index is 2.63. The first-order valence-electron chi connectivity index (χ1n) is 4.59. The lowest BCUT2D eigenvalue weighted by molar-refractivity contribution is -0.388. The molecule has 0 unspecified atom stereocenters. The summed E-state index contributed by atoms with van der Waals surface area (Å²) in [7, 11) is 3.89. The van der Waals surface area contributed by atoms with Crippen molar-refractivity contribution in [1.29, 1.82) is 0 Å². The van der Waals surface area contributed by atoms with E-state index in [-0.39, 0.29) is 5.82 Å². The van der Waals surface area contributed by atoms with E-state index in [0.29, 0.717) is 12.2 Å². The molecule has 1 aromatic rings. The van der Waals surface area contributed by atoms with Crippen LogP contribution in [0.4, 0.5) is 11.5 Å². The Morgan fingerprint density at radius 2 is 2.33 bits per heavy atom. The topological polar surface area (TPSA) is 71.3 Å². The van der Waals surface area contributed by atoms with E-state index in [1.807, 2.05) is 19.0 Å². The van der Waals surface area contributed by atoms with Gasteiger partial charge >= 0.3 is 5.82 Å². The predicted molar refractivity (Wildman–Crippen MR) is 57.9 cm³/mol. The highest BCUT2D eigenvalue weighted by Crippen LogP contribution is 2.19. The molecule has 0 aliphatic rings. The molecule has 0 saturated carbocycles. The Kier molecular flexibility index (Phi) is 3.99. The van der Waals surface area contributed by atoms with Crippen LogP contribution in [0.5, 0.6) is 0 Å². The third-order valence-corrected chi connectivity index (χ3v) is 1.83. The third kappa shape index (κ3) is 3.51. The molecule has 15 heavy (non-hydrogen) atoms. The van der Waals surface area contributed by atoms with Gasteiger partial charge in [-0.15, -0.1) is 0 Å². The fraction of sp³-hybridized carbons (Fsp3) is 0.444. The standard InChI is InChI=1S/C9H14N4O2/c1-12(2)7-6-10-8-4-3-5-11-9(8)13(14)15/h3-5,10H,6-7H2,1-2H3. The van der Waals surface area contributed by atoms with E-state index in [0.717, 1.165) is 6.54 Å². The van der Waals surface area contributed by atoms with Crippen LogP contribution in [0, 0.1) is 10.1 Å². The highest BCUT2D eigenvalue weighted by atomic mass is 16.6. The molecule has 1 aromatic heterocycles. The number of anilines is 1. The molecule has 0 spiro atoms. The Morgan fingerprint density at radius 3 is 2.93 bits per heavy atom. The maximum Gasteiger partial charge on any atom is 0.386 e. The molecule has 0 saturated heterocycles. The van der Waals surface area contributed by atoms with E-state index in [4.69, 9.17) is 0 Å². The monoisotopic (exact) mass is 210 g/mol. The van der Waals surface area contributed by atoms with Crippen molar-refractivity contribution >= 4 is 11.5 Å². The number of hydrogen-bond acceptors (Lipinski definition) is 5. The van der Waals surface area contributed by atoms with E-state index < -0.39 is 4.92 Å². The average Bonchev–Trinajstić information content (AvgIpc) is 2.17. The first-order chi connectivity index (χ1) is 7.11. The number of hydrogen-bond donors (Lipinski definition) is 1. The summed E-state index contributed by atoms with van der Waals surface area (Å²) in [6, 6.07) is 3.33. The lowest BCUT2D eigenvalue weighted by Crippen LogP contribution is -2.21. The summed E-state index contributed by atoms with van der Waals surface area (Å²) in [5.74, 6) is -0.128. The van der Waals surface area contributed by atoms with Gasteiger partial charge in [0, 0.05) is 13.1 Å². The van der Waals surface area contributed by atoms with Crippen LogP contribution in [0.3, 0.4) is 0 Å². The van der Waals surface area contributed by atoms with Crippen molar-refractivity contribution in [2.24, 2.45) is 0 Å². The largest absolute Gasteiger partial charge is 0.386 e. The summed E-state index contributed by atoms with van der Waals surface area (Å²) < 4.78 is 0. The highest BCUT2D eigenvalue weighted by Gasteiger charge is 2.12. The maximum atomic E-state index is 10.6. The molecule has 0 aliphatic heterocycles. The summed E-state index contributed by atoms with van der Waals surface area (Å²) in [4.78, 5) is 15.8. The molecule has 0 amide bonds. The fourth-order valence-corrected chi connectivity index (χ4v) is 1.09. The smallest absolute Gasteiger partial charge is 0.377 e. The van der Waals surface area contributed by atoms with Gasteiger partial charge in [-0.25, -0.2) is 0 Å². The first-order valence-corrected chi connectivity index (χ1v) is 4.59. The Labute approximate surface area is 88.1 Å². The van der Waals surface area contributed by atoms with E-state index in [1.165, 1.54) is 6.20 Å². The van der Waals surface area contributed by atoms with Crippen LogP contribution in [-0.4, -0.2) is 42.0 Å². The molecule has 0 radical (unpaired) electrons. The number of pyridine rings is 1. The predicted octanol–water partition coefficient (Wildman–Crippen LogP) is 0.963. The van der Waals surface area contributed by atoms with Crippen LogP contribution >= 0.6 is 0 Å². The molecule has 1 heterocycles. The van der Waals surface area contributed by atoms with Crippen molar-refractivity contribution in [2.75, 3.05) is 32.5 Å². The zero-order valence-electron chi connectivity index (χ0n) is 8.80. The second kappa shape index (κ2) is 5.26. The lowest BCUT2D eigenvalue weighted by Gasteiger charge is -2.10. The molecule has 0 bridgehead atoms. The Bertz CT molecular complexity index is 341. The van der Waals surface area contributed by atoms with Crippen LogP contribution in [0.2, 0.25) is 0 Å². The maximum absolute atomic E-state index is 10.6. The lowest BCUT2D eigenvalue weighted by atomic mass is 10.4. The average molecular weight is 210 g/mol. The van der Waals surface area contributed by atoms with Crippen molar-refractivity contribution in [3.05, 3.63) is 28.4 Å². The van der Waals surface area contributed by atoms with E-state index >= 15 is 0 Å². The molecule has 0 aromatic carbocycles. The van der Waals surface area contributed by atoms with Gasteiger partial charge in [-0.2, -0.15) is 0 Å². The van der Waals surface area contributed by atoms with Crippen molar-refractivity contribution < 1.29 is 4.92 Å². The van der Waals surface area contributed by atoms with Crippen LogP contribution in [0.15, 0.2) is 18.3 Å². The summed E-state index contributed by atoms with van der Waals surface area (Å²) in [5, 5.41) is 13.6. The van der Waals surface area contributed by atoms with Crippen molar-refractivity contribution in [3.8, 4) is 0 Å². The summed E-state index contributed by atoms with van der Waals surface area (Å²) in [6.45, 7) is 1.46. The van der Waals surface area contributed by atoms with E-state index in [9.17, 15) is 10.1 Å². The van der Waals surface area contributed by atoms with Crippen molar-refractivity contribution in [3.63, 3.8) is 0 Å².